The van der Waals surface area contributed by atoms with E-state index in [0.717, 1.165) is 32.6 Å². The Morgan fingerprint density at radius 2 is 2.09 bits per heavy atom. The van der Waals surface area contributed by atoms with Gasteiger partial charge in [-0.1, -0.05) is 11.6 Å². The summed E-state index contributed by atoms with van der Waals surface area (Å²) in [6, 6.07) is 7.07. The van der Waals surface area contributed by atoms with Crippen LogP contribution in [0.5, 0.6) is 0 Å². The number of rotatable bonds is 4. The van der Waals surface area contributed by atoms with Gasteiger partial charge in [0, 0.05) is 55.4 Å². The summed E-state index contributed by atoms with van der Waals surface area (Å²) in [6.07, 6.45) is 0.859. The lowest BCUT2D eigenvalue weighted by Crippen LogP contribution is -2.51. The van der Waals surface area contributed by atoms with E-state index in [9.17, 15) is 5.11 Å². The molecule has 0 spiro atoms. The second-order valence-electron chi connectivity index (χ2n) is 6.66. The molecular formula is C18H27N3O. The average molecular weight is 301 g/mol. The molecule has 1 saturated heterocycles. The van der Waals surface area contributed by atoms with Gasteiger partial charge >= 0.3 is 0 Å². The minimum absolute atomic E-state index is 0.271. The highest BCUT2D eigenvalue weighted by atomic mass is 16.3. The predicted molar refractivity (Wildman–Crippen MR) is 91.2 cm³/mol. The van der Waals surface area contributed by atoms with Crippen molar-refractivity contribution >= 4 is 10.9 Å². The number of aliphatic hydroxyl groups excluding tert-OH is 1. The molecule has 4 nitrogen and oxygen atoms in total. The number of aromatic amines is 1. The molecule has 0 amide bonds. The first-order valence-corrected chi connectivity index (χ1v) is 8.19. The van der Waals surface area contributed by atoms with Crippen molar-refractivity contribution < 1.29 is 5.11 Å². The molecule has 4 heteroatoms. The Morgan fingerprint density at radius 3 is 2.86 bits per heavy atom. The van der Waals surface area contributed by atoms with E-state index in [4.69, 9.17) is 0 Å². The normalized spacial score (nSPS) is 20.8. The molecule has 0 bridgehead atoms. The van der Waals surface area contributed by atoms with Crippen molar-refractivity contribution in [3.8, 4) is 0 Å². The molecule has 22 heavy (non-hydrogen) atoms. The Bertz CT molecular complexity index is 649. The Balaban J connectivity index is 1.77. The Kier molecular flexibility index (Phi) is 4.52. The molecule has 1 aliphatic heterocycles. The van der Waals surface area contributed by atoms with Crippen LogP contribution in [0.1, 0.15) is 23.2 Å². The number of H-pyrrole nitrogens is 1. The number of aromatic nitrogens is 1. The first-order chi connectivity index (χ1) is 10.6. The average Bonchev–Trinajstić information content (AvgIpc) is 2.79. The summed E-state index contributed by atoms with van der Waals surface area (Å²) in [5.74, 6) is 0. The molecule has 2 N–H and O–H groups in total. The molecule has 1 aromatic heterocycles. The standard InChI is InChI=1S/C18H27N3O/c1-13-4-5-17-16(10-13)14(2)18(19-17)12-21-8-7-20(3)15(11-21)6-9-22/h4-5,10,15,19,22H,6-9,11-12H2,1-3H3. The van der Waals surface area contributed by atoms with Gasteiger partial charge in [0.25, 0.3) is 0 Å². The number of hydrogen-bond donors (Lipinski definition) is 2. The van der Waals surface area contributed by atoms with E-state index in [1.54, 1.807) is 0 Å². The van der Waals surface area contributed by atoms with Gasteiger partial charge in [-0.2, -0.15) is 0 Å². The maximum atomic E-state index is 9.23. The second-order valence-corrected chi connectivity index (χ2v) is 6.66. The van der Waals surface area contributed by atoms with E-state index in [2.05, 4.69) is 53.9 Å². The molecule has 2 aromatic rings. The van der Waals surface area contributed by atoms with Gasteiger partial charge in [0.15, 0.2) is 0 Å². The van der Waals surface area contributed by atoms with Gasteiger partial charge in [-0.05, 0) is 45.0 Å². The molecule has 120 valence electrons. The van der Waals surface area contributed by atoms with Crippen LogP contribution in [-0.2, 0) is 6.54 Å². The third kappa shape index (κ3) is 3.05. The van der Waals surface area contributed by atoms with Gasteiger partial charge in [0.05, 0.1) is 0 Å². The van der Waals surface area contributed by atoms with E-state index in [-0.39, 0.29) is 6.61 Å². The van der Waals surface area contributed by atoms with Crippen molar-refractivity contribution in [2.24, 2.45) is 0 Å². The van der Waals surface area contributed by atoms with Gasteiger partial charge in [0.1, 0.15) is 0 Å². The largest absolute Gasteiger partial charge is 0.396 e. The molecule has 1 unspecified atom stereocenters. The molecular weight excluding hydrogens is 274 g/mol. The summed E-state index contributed by atoms with van der Waals surface area (Å²) in [4.78, 5) is 8.47. The summed E-state index contributed by atoms with van der Waals surface area (Å²) in [7, 11) is 2.16. The summed E-state index contributed by atoms with van der Waals surface area (Å²) < 4.78 is 0. The third-order valence-corrected chi connectivity index (χ3v) is 5.02. The Morgan fingerprint density at radius 1 is 1.27 bits per heavy atom. The SMILES string of the molecule is Cc1ccc2[nH]c(CN3CCN(C)C(CCO)C3)c(C)c2c1. The van der Waals surface area contributed by atoms with Crippen molar-refractivity contribution in [3.05, 3.63) is 35.0 Å². The fourth-order valence-corrected chi connectivity index (χ4v) is 3.49. The molecule has 0 radical (unpaired) electrons. The summed E-state index contributed by atoms with van der Waals surface area (Å²) in [5, 5.41) is 10.6. The van der Waals surface area contributed by atoms with Crippen molar-refractivity contribution in [2.75, 3.05) is 33.3 Å². The van der Waals surface area contributed by atoms with Crippen LogP contribution >= 0.6 is 0 Å². The number of likely N-dealkylation sites (N-methyl/N-ethyl adjacent to an activating group) is 1. The van der Waals surface area contributed by atoms with Crippen LogP contribution in [0.25, 0.3) is 10.9 Å². The monoisotopic (exact) mass is 301 g/mol. The number of aliphatic hydroxyl groups is 1. The molecule has 0 aliphatic carbocycles. The van der Waals surface area contributed by atoms with E-state index in [1.807, 2.05) is 0 Å². The lowest BCUT2D eigenvalue weighted by molar-refractivity contribution is 0.0736. The highest BCUT2D eigenvalue weighted by Crippen LogP contribution is 2.24. The number of nitrogens with one attached hydrogen (secondary N) is 1. The highest BCUT2D eigenvalue weighted by Gasteiger charge is 2.24. The van der Waals surface area contributed by atoms with Crippen LogP contribution in [0.4, 0.5) is 0 Å². The van der Waals surface area contributed by atoms with Crippen molar-refractivity contribution in [1.29, 1.82) is 0 Å². The van der Waals surface area contributed by atoms with Crippen LogP contribution in [0.2, 0.25) is 0 Å². The van der Waals surface area contributed by atoms with E-state index < -0.39 is 0 Å². The topological polar surface area (TPSA) is 42.5 Å². The van der Waals surface area contributed by atoms with Crippen LogP contribution in [0.3, 0.4) is 0 Å². The number of piperazine rings is 1. The molecule has 1 aromatic carbocycles. The second kappa shape index (κ2) is 6.41. The zero-order valence-electron chi connectivity index (χ0n) is 13.9. The Hall–Kier alpha value is -1.36. The quantitative estimate of drug-likeness (QED) is 0.910. The minimum Gasteiger partial charge on any atom is -0.396 e. The van der Waals surface area contributed by atoms with E-state index in [1.165, 1.54) is 27.7 Å². The van der Waals surface area contributed by atoms with Crippen LogP contribution in [-0.4, -0.2) is 59.2 Å². The Labute approximate surface area is 132 Å². The third-order valence-electron chi connectivity index (χ3n) is 5.02. The van der Waals surface area contributed by atoms with Crippen LogP contribution in [0, 0.1) is 13.8 Å². The zero-order chi connectivity index (χ0) is 15.7. The maximum absolute atomic E-state index is 9.23. The smallest absolute Gasteiger partial charge is 0.0459 e. The summed E-state index contributed by atoms with van der Waals surface area (Å²) in [5.41, 5.74) is 5.24. The summed E-state index contributed by atoms with van der Waals surface area (Å²) in [6.45, 7) is 8.80. The van der Waals surface area contributed by atoms with Crippen LogP contribution < -0.4 is 0 Å². The lowest BCUT2D eigenvalue weighted by atomic mass is 10.1. The first kappa shape index (κ1) is 15.5. The lowest BCUT2D eigenvalue weighted by Gasteiger charge is -2.39. The molecule has 1 aliphatic rings. The fourth-order valence-electron chi connectivity index (χ4n) is 3.49. The predicted octanol–water partition coefficient (Wildman–Crippen LogP) is 2.28. The van der Waals surface area contributed by atoms with Gasteiger partial charge in [-0.25, -0.2) is 0 Å². The minimum atomic E-state index is 0.271. The number of fused-ring (bicyclic) bond motifs is 1. The number of aryl methyl sites for hydroxylation is 2. The van der Waals surface area contributed by atoms with Gasteiger partial charge in [-0.15, -0.1) is 0 Å². The van der Waals surface area contributed by atoms with Crippen LogP contribution in [0.15, 0.2) is 18.2 Å². The van der Waals surface area contributed by atoms with E-state index in [0.29, 0.717) is 6.04 Å². The van der Waals surface area contributed by atoms with Gasteiger partial charge in [0.2, 0.25) is 0 Å². The van der Waals surface area contributed by atoms with Crippen molar-refractivity contribution in [3.63, 3.8) is 0 Å². The highest BCUT2D eigenvalue weighted by molar-refractivity contribution is 5.85. The first-order valence-electron chi connectivity index (χ1n) is 8.19. The molecule has 0 saturated carbocycles. The molecule has 3 rings (SSSR count). The van der Waals surface area contributed by atoms with E-state index >= 15 is 0 Å². The number of nitrogens with zero attached hydrogens (tertiary/aromatic N) is 2. The fraction of sp³-hybridized carbons (Fsp3) is 0.556. The maximum Gasteiger partial charge on any atom is 0.0459 e. The molecule has 1 atom stereocenters. The van der Waals surface area contributed by atoms with Crippen molar-refractivity contribution in [2.45, 2.75) is 32.9 Å². The van der Waals surface area contributed by atoms with Crippen molar-refractivity contribution in [1.82, 2.24) is 14.8 Å². The van der Waals surface area contributed by atoms with Gasteiger partial charge < -0.3 is 15.0 Å². The number of benzene rings is 1. The molecule has 1 fully saturated rings. The van der Waals surface area contributed by atoms with Gasteiger partial charge in [-0.3, -0.25) is 4.90 Å². The summed E-state index contributed by atoms with van der Waals surface area (Å²) >= 11 is 0. The zero-order valence-corrected chi connectivity index (χ0v) is 13.9. The molecule has 2 heterocycles. The number of hydrogen-bond acceptors (Lipinski definition) is 3.